The van der Waals surface area contributed by atoms with E-state index in [-0.39, 0.29) is 0 Å². The van der Waals surface area contributed by atoms with Gasteiger partial charge in [-0.05, 0) is 32.2 Å². The first kappa shape index (κ1) is 10.4. The van der Waals surface area contributed by atoms with E-state index in [1.54, 1.807) is 0 Å². The molecule has 1 unspecified atom stereocenters. The van der Waals surface area contributed by atoms with Crippen molar-refractivity contribution in [3.05, 3.63) is 0 Å². The molecule has 82 valence electrons. The van der Waals surface area contributed by atoms with E-state index in [1.807, 2.05) is 0 Å². The average molecular weight is 196 g/mol. The number of nitrogens with two attached hydrogens (primary N) is 1. The summed E-state index contributed by atoms with van der Waals surface area (Å²) in [7, 11) is 0. The zero-order valence-corrected chi connectivity index (χ0v) is 9.25. The molecular weight excluding hydrogens is 172 g/mol. The minimum absolute atomic E-state index is 0.444. The van der Waals surface area contributed by atoms with Gasteiger partial charge in [-0.15, -0.1) is 0 Å². The summed E-state index contributed by atoms with van der Waals surface area (Å²) < 4.78 is 0. The zero-order valence-electron chi connectivity index (χ0n) is 9.25. The van der Waals surface area contributed by atoms with Gasteiger partial charge in [0.25, 0.3) is 0 Å². The minimum atomic E-state index is 0.444. The number of hydrogen-bond acceptors (Lipinski definition) is 2. The lowest BCUT2D eigenvalue weighted by atomic mass is 9.94. The smallest absolute Gasteiger partial charge is 0.0167 e. The molecule has 0 amide bonds. The third-order valence-corrected chi connectivity index (χ3v) is 3.83. The van der Waals surface area contributed by atoms with E-state index in [9.17, 15) is 0 Å². The summed E-state index contributed by atoms with van der Waals surface area (Å²) in [6.45, 7) is 2.46. The summed E-state index contributed by atoms with van der Waals surface area (Å²) in [5.74, 6) is 0. The number of likely N-dealkylation sites (tertiary alicyclic amines) is 1. The second-order valence-electron chi connectivity index (χ2n) is 5.04. The molecule has 1 atom stereocenters. The highest BCUT2D eigenvalue weighted by Crippen LogP contribution is 2.24. The molecule has 0 bridgehead atoms. The van der Waals surface area contributed by atoms with Crippen LogP contribution in [0.15, 0.2) is 0 Å². The van der Waals surface area contributed by atoms with Gasteiger partial charge in [-0.2, -0.15) is 0 Å². The van der Waals surface area contributed by atoms with E-state index in [2.05, 4.69) is 4.90 Å². The zero-order chi connectivity index (χ0) is 9.80. The Bertz CT molecular complexity index is 164. The van der Waals surface area contributed by atoms with Crippen LogP contribution < -0.4 is 5.73 Å². The van der Waals surface area contributed by atoms with Crippen LogP contribution in [0.3, 0.4) is 0 Å². The van der Waals surface area contributed by atoms with Crippen LogP contribution in [0.4, 0.5) is 0 Å². The maximum atomic E-state index is 6.09. The Morgan fingerprint density at radius 2 is 1.57 bits per heavy atom. The number of rotatable bonds is 1. The highest BCUT2D eigenvalue weighted by Gasteiger charge is 2.23. The summed E-state index contributed by atoms with van der Waals surface area (Å²) in [5, 5.41) is 0. The van der Waals surface area contributed by atoms with Crippen LogP contribution in [-0.2, 0) is 0 Å². The maximum absolute atomic E-state index is 6.09. The lowest BCUT2D eigenvalue weighted by Crippen LogP contribution is -2.43. The molecule has 0 spiro atoms. The van der Waals surface area contributed by atoms with Gasteiger partial charge in [0.15, 0.2) is 0 Å². The molecule has 1 aliphatic heterocycles. The Balaban J connectivity index is 1.87. The molecule has 0 radical (unpaired) electrons. The predicted octanol–water partition coefficient (Wildman–Crippen LogP) is 2.13. The van der Waals surface area contributed by atoms with Crippen LogP contribution >= 0.6 is 0 Å². The molecule has 1 saturated carbocycles. The number of hydrogen-bond donors (Lipinski definition) is 1. The van der Waals surface area contributed by atoms with Gasteiger partial charge in [-0.25, -0.2) is 0 Å². The normalized spacial score (nSPS) is 32.8. The molecule has 2 nitrogen and oxygen atoms in total. The van der Waals surface area contributed by atoms with Gasteiger partial charge in [0.05, 0.1) is 0 Å². The fraction of sp³-hybridized carbons (Fsp3) is 1.00. The van der Waals surface area contributed by atoms with Crippen molar-refractivity contribution in [2.24, 2.45) is 5.73 Å². The van der Waals surface area contributed by atoms with E-state index in [0.29, 0.717) is 6.04 Å². The van der Waals surface area contributed by atoms with Crippen LogP contribution in [0.1, 0.15) is 51.4 Å². The molecule has 2 aliphatic rings. The van der Waals surface area contributed by atoms with Crippen molar-refractivity contribution >= 4 is 0 Å². The lowest BCUT2D eigenvalue weighted by Gasteiger charge is -2.34. The fourth-order valence-electron chi connectivity index (χ4n) is 2.98. The predicted molar refractivity (Wildman–Crippen MR) is 60.3 cm³/mol. The average Bonchev–Trinajstić information content (AvgIpc) is 2.44. The summed E-state index contributed by atoms with van der Waals surface area (Å²) in [4.78, 5) is 2.68. The maximum Gasteiger partial charge on any atom is 0.0167 e. The highest BCUT2D eigenvalue weighted by molar-refractivity contribution is 4.81. The van der Waals surface area contributed by atoms with Crippen LogP contribution in [-0.4, -0.2) is 30.1 Å². The minimum Gasteiger partial charge on any atom is -0.327 e. The van der Waals surface area contributed by atoms with Crippen molar-refractivity contribution in [3.8, 4) is 0 Å². The second-order valence-corrected chi connectivity index (χ2v) is 5.04. The highest BCUT2D eigenvalue weighted by atomic mass is 15.2. The first-order valence-corrected chi connectivity index (χ1v) is 6.36. The Morgan fingerprint density at radius 3 is 2.36 bits per heavy atom. The molecule has 1 heterocycles. The standard InChI is InChI=1S/C12H24N2/c13-11-6-4-5-9-14(10-11)12-7-2-1-3-8-12/h11-12H,1-10,13H2. The van der Waals surface area contributed by atoms with E-state index in [0.717, 1.165) is 12.6 Å². The van der Waals surface area contributed by atoms with Crippen molar-refractivity contribution in [2.45, 2.75) is 63.5 Å². The van der Waals surface area contributed by atoms with E-state index in [4.69, 9.17) is 5.73 Å². The van der Waals surface area contributed by atoms with Crippen LogP contribution in [0.25, 0.3) is 0 Å². The van der Waals surface area contributed by atoms with Crippen molar-refractivity contribution in [1.29, 1.82) is 0 Å². The molecule has 0 aromatic heterocycles. The van der Waals surface area contributed by atoms with E-state index >= 15 is 0 Å². The Labute approximate surface area is 87.8 Å². The monoisotopic (exact) mass is 196 g/mol. The second kappa shape index (κ2) is 5.13. The Hall–Kier alpha value is -0.0800. The Morgan fingerprint density at radius 1 is 0.857 bits per heavy atom. The lowest BCUT2D eigenvalue weighted by molar-refractivity contribution is 0.156. The van der Waals surface area contributed by atoms with Crippen molar-refractivity contribution < 1.29 is 0 Å². The molecule has 2 rings (SSSR count). The number of nitrogens with zero attached hydrogens (tertiary/aromatic N) is 1. The van der Waals surface area contributed by atoms with Gasteiger partial charge in [-0.3, -0.25) is 4.90 Å². The molecule has 14 heavy (non-hydrogen) atoms. The third kappa shape index (κ3) is 2.71. The molecule has 1 saturated heterocycles. The van der Waals surface area contributed by atoms with E-state index in [1.165, 1.54) is 57.9 Å². The molecule has 0 aromatic rings. The van der Waals surface area contributed by atoms with Gasteiger partial charge < -0.3 is 5.73 Å². The van der Waals surface area contributed by atoms with Crippen LogP contribution in [0, 0.1) is 0 Å². The summed E-state index contributed by atoms with van der Waals surface area (Å²) in [6.07, 6.45) is 11.1. The first-order valence-electron chi connectivity index (χ1n) is 6.36. The molecule has 1 aliphatic carbocycles. The van der Waals surface area contributed by atoms with E-state index < -0.39 is 0 Å². The third-order valence-electron chi connectivity index (χ3n) is 3.83. The van der Waals surface area contributed by atoms with Gasteiger partial charge in [0, 0.05) is 18.6 Å². The van der Waals surface area contributed by atoms with Crippen molar-refractivity contribution in [3.63, 3.8) is 0 Å². The van der Waals surface area contributed by atoms with Crippen molar-refractivity contribution in [1.82, 2.24) is 4.90 Å². The van der Waals surface area contributed by atoms with Crippen molar-refractivity contribution in [2.75, 3.05) is 13.1 Å². The molecule has 0 aromatic carbocycles. The van der Waals surface area contributed by atoms with Gasteiger partial charge in [-0.1, -0.05) is 25.7 Å². The SMILES string of the molecule is NC1CCCCN(C2CCCCC2)C1. The molecule has 2 heteroatoms. The largest absolute Gasteiger partial charge is 0.327 e. The fourth-order valence-corrected chi connectivity index (χ4v) is 2.98. The summed E-state index contributed by atoms with van der Waals surface area (Å²) >= 11 is 0. The van der Waals surface area contributed by atoms with Crippen LogP contribution in [0.2, 0.25) is 0 Å². The summed E-state index contributed by atoms with van der Waals surface area (Å²) in [5.41, 5.74) is 6.09. The van der Waals surface area contributed by atoms with Gasteiger partial charge in [0.2, 0.25) is 0 Å². The Kier molecular flexibility index (Phi) is 3.82. The topological polar surface area (TPSA) is 29.3 Å². The first-order chi connectivity index (χ1) is 6.86. The summed E-state index contributed by atoms with van der Waals surface area (Å²) in [6, 6.07) is 1.31. The quantitative estimate of drug-likeness (QED) is 0.696. The van der Waals surface area contributed by atoms with Gasteiger partial charge in [0.1, 0.15) is 0 Å². The van der Waals surface area contributed by atoms with Crippen LogP contribution in [0.5, 0.6) is 0 Å². The molecule has 2 fully saturated rings. The molecular formula is C12H24N2. The van der Waals surface area contributed by atoms with Gasteiger partial charge >= 0.3 is 0 Å². The molecule has 2 N–H and O–H groups in total.